The quantitative estimate of drug-likeness (QED) is 0.935. The second kappa shape index (κ2) is 5.71. The fourth-order valence-electron chi connectivity index (χ4n) is 1.70. The van der Waals surface area contributed by atoms with Crippen LogP contribution in [0.2, 0.25) is 0 Å². The lowest BCUT2D eigenvalue weighted by molar-refractivity contribution is 0.358. The van der Waals surface area contributed by atoms with Crippen molar-refractivity contribution in [3.05, 3.63) is 40.0 Å². The van der Waals surface area contributed by atoms with Gasteiger partial charge in [0.2, 0.25) is 5.89 Å². The average molecular weight is 326 g/mol. The van der Waals surface area contributed by atoms with Crippen molar-refractivity contribution in [3.63, 3.8) is 0 Å². The summed E-state index contributed by atoms with van der Waals surface area (Å²) in [5, 5.41) is 3.94. The highest BCUT2D eigenvalue weighted by Crippen LogP contribution is 2.30. The zero-order valence-corrected chi connectivity index (χ0v) is 12.6. The Bertz CT molecular complexity index is 569. The summed E-state index contributed by atoms with van der Waals surface area (Å²) < 4.78 is 11.4. The van der Waals surface area contributed by atoms with Crippen molar-refractivity contribution in [1.29, 1.82) is 0 Å². The van der Waals surface area contributed by atoms with Crippen LogP contribution in [-0.2, 0) is 0 Å². The summed E-state index contributed by atoms with van der Waals surface area (Å²) in [7, 11) is 1.61. The molecular weight excluding hydrogens is 310 g/mol. The predicted octanol–water partition coefficient (Wildman–Crippen LogP) is 3.01. The van der Waals surface area contributed by atoms with E-state index in [4.69, 9.17) is 15.0 Å². The Morgan fingerprint density at radius 1 is 1.37 bits per heavy atom. The molecule has 1 aromatic heterocycles. The van der Waals surface area contributed by atoms with Crippen LogP contribution in [-0.4, -0.2) is 17.3 Å². The molecule has 102 valence electrons. The van der Waals surface area contributed by atoms with Crippen LogP contribution in [0, 0.1) is 0 Å². The number of benzene rings is 1. The van der Waals surface area contributed by atoms with E-state index < -0.39 is 6.04 Å². The van der Waals surface area contributed by atoms with Crippen LogP contribution in [0.15, 0.2) is 27.2 Å². The standard InChI is InChI=1S/C13H16BrN3O2/c1-7(2)13-16-12(17-19-13)11(15)9-6-8(14)4-5-10(9)18-3/h4-7,11H,15H2,1-3H3. The Morgan fingerprint density at radius 2 is 2.11 bits per heavy atom. The maximum absolute atomic E-state index is 6.19. The molecule has 0 saturated carbocycles. The van der Waals surface area contributed by atoms with Gasteiger partial charge in [0.1, 0.15) is 5.75 Å². The molecule has 0 bridgehead atoms. The van der Waals surface area contributed by atoms with Crippen LogP contribution in [0.4, 0.5) is 0 Å². The van der Waals surface area contributed by atoms with Gasteiger partial charge in [-0.3, -0.25) is 0 Å². The summed E-state index contributed by atoms with van der Waals surface area (Å²) in [4.78, 5) is 4.32. The number of hydrogen-bond donors (Lipinski definition) is 1. The van der Waals surface area contributed by atoms with Gasteiger partial charge in [0.05, 0.1) is 13.2 Å². The molecule has 2 rings (SSSR count). The third kappa shape index (κ3) is 2.96. The molecule has 1 unspecified atom stereocenters. The minimum absolute atomic E-state index is 0.179. The minimum Gasteiger partial charge on any atom is -0.496 e. The smallest absolute Gasteiger partial charge is 0.229 e. The molecular formula is C13H16BrN3O2. The van der Waals surface area contributed by atoms with Crippen molar-refractivity contribution < 1.29 is 9.26 Å². The van der Waals surface area contributed by atoms with E-state index in [2.05, 4.69) is 26.1 Å². The van der Waals surface area contributed by atoms with Gasteiger partial charge in [-0.1, -0.05) is 34.9 Å². The lowest BCUT2D eigenvalue weighted by atomic mass is 10.1. The first-order valence-corrected chi connectivity index (χ1v) is 6.74. The van der Waals surface area contributed by atoms with Crippen molar-refractivity contribution >= 4 is 15.9 Å². The van der Waals surface area contributed by atoms with Crippen LogP contribution >= 0.6 is 15.9 Å². The number of nitrogens with two attached hydrogens (primary N) is 1. The number of methoxy groups -OCH3 is 1. The van der Waals surface area contributed by atoms with E-state index in [-0.39, 0.29) is 5.92 Å². The number of nitrogens with zero attached hydrogens (tertiary/aromatic N) is 2. The summed E-state index contributed by atoms with van der Waals surface area (Å²) in [6, 6.07) is 5.16. The van der Waals surface area contributed by atoms with Gasteiger partial charge in [0.25, 0.3) is 0 Å². The molecule has 1 atom stereocenters. The van der Waals surface area contributed by atoms with Crippen LogP contribution < -0.4 is 10.5 Å². The average Bonchev–Trinajstić information content (AvgIpc) is 2.87. The first-order chi connectivity index (χ1) is 9.02. The number of hydrogen-bond acceptors (Lipinski definition) is 5. The Kier molecular flexibility index (Phi) is 4.21. The molecule has 6 heteroatoms. The van der Waals surface area contributed by atoms with E-state index in [1.807, 2.05) is 32.0 Å². The van der Waals surface area contributed by atoms with Gasteiger partial charge in [-0.25, -0.2) is 0 Å². The second-order valence-corrected chi connectivity index (χ2v) is 5.43. The van der Waals surface area contributed by atoms with Crippen molar-refractivity contribution in [2.75, 3.05) is 7.11 Å². The van der Waals surface area contributed by atoms with Crippen molar-refractivity contribution in [2.45, 2.75) is 25.8 Å². The normalized spacial score (nSPS) is 12.7. The number of rotatable bonds is 4. The van der Waals surface area contributed by atoms with E-state index >= 15 is 0 Å². The first kappa shape index (κ1) is 14.0. The summed E-state index contributed by atoms with van der Waals surface area (Å²) >= 11 is 3.42. The number of aromatic nitrogens is 2. The number of halogens is 1. The van der Waals surface area contributed by atoms with E-state index in [0.717, 1.165) is 10.0 Å². The van der Waals surface area contributed by atoms with Gasteiger partial charge >= 0.3 is 0 Å². The maximum atomic E-state index is 6.19. The van der Waals surface area contributed by atoms with E-state index in [1.165, 1.54) is 0 Å². The van der Waals surface area contributed by atoms with Gasteiger partial charge in [-0.2, -0.15) is 4.98 Å². The van der Waals surface area contributed by atoms with Gasteiger partial charge in [-0.05, 0) is 18.2 Å². The molecule has 2 N–H and O–H groups in total. The molecule has 0 aliphatic rings. The van der Waals surface area contributed by atoms with Crippen LogP contribution in [0.3, 0.4) is 0 Å². The third-order valence-electron chi connectivity index (χ3n) is 2.76. The second-order valence-electron chi connectivity index (χ2n) is 4.51. The topological polar surface area (TPSA) is 74.2 Å². The van der Waals surface area contributed by atoms with Crippen molar-refractivity contribution in [3.8, 4) is 5.75 Å². The lowest BCUT2D eigenvalue weighted by Crippen LogP contribution is -2.15. The summed E-state index contributed by atoms with van der Waals surface area (Å²) in [6.45, 7) is 3.98. The van der Waals surface area contributed by atoms with Crippen LogP contribution in [0.25, 0.3) is 0 Å². The fourth-order valence-corrected chi connectivity index (χ4v) is 2.07. The monoisotopic (exact) mass is 325 g/mol. The van der Waals surface area contributed by atoms with Crippen LogP contribution in [0.1, 0.15) is 43.1 Å². The Balaban J connectivity index is 2.37. The SMILES string of the molecule is COc1ccc(Br)cc1C(N)c1noc(C(C)C)n1. The van der Waals surface area contributed by atoms with Gasteiger partial charge in [0, 0.05) is 16.0 Å². The summed E-state index contributed by atoms with van der Waals surface area (Å²) in [5.74, 6) is 1.92. The zero-order valence-electron chi connectivity index (χ0n) is 11.1. The molecule has 0 aliphatic carbocycles. The molecule has 1 heterocycles. The van der Waals surface area contributed by atoms with Gasteiger partial charge < -0.3 is 15.0 Å². The third-order valence-corrected chi connectivity index (χ3v) is 3.25. The summed E-state index contributed by atoms with van der Waals surface area (Å²) in [5.41, 5.74) is 7.00. The molecule has 0 fully saturated rings. The molecule has 2 aromatic rings. The Hall–Kier alpha value is -1.40. The Labute approximate surface area is 120 Å². The fraction of sp³-hybridized carbons (Fsp3) is 0.385. The van der Waals surface area contributed by atoms with E-state index in [9.17, 15) is 0 Å². The molecule has 5 nitrogen and oxygen atoms in total. The highest BCUT2D eigenvalue weighted by molar-refractivity contribution is 9.10. The zero-order chi connectivity index (χ0) is 14.0. The molecule has 19 heavy (non-hydrogen) atoms. The van der Waals surface area contributed by atoms with Gasteiger partial charge in [-0.15, -0.1) is 0 Å². The van der Waals surface area contributed by atoms with Crippen molar-refractivity contribution in [2.24, 2.45) is 5.73 Å². The highest BCUT2D eigenvalue weighted by atomic mass is 79.9. The summed E-state index contributed by atoms with van der Waals surface area (Å²) in [6.07, 6.45) is 0. The molecule has 0 radical (unpaired) electrons. The minimum atomic E-state index is -0.483. The largest absolute Gasteiger partial charge is 0.496 e. The first-order valence-electron chi connectivity index (χ1n) is 5.95. The molecule has 0 spiro atoms. The molecule has 0 amide bonds. The van der Waals surface area contributed by atoms with Crippen molar-refractivity contribution in [1.82, 2.24) is 10.1 Å². The van der Waals surface area contributed by atoms with Gasteiger partial charge in [0.15, 0.2) is 5.82 Å². The predicted molar refractivity (Wildman–Crippen MR) is 75.1 cm³/mol. The maximum Gasteiger partial charge on any atom is 0.229 e. The van der Waals surface area contributed by atoms with Crippen LogP contribution in [0.5, 0.6) is 5.75 Å². The number of ether oxygens (including phenoxy) is 1. The molecule has 1 aromatic carbocycles. The Morgan fingerprint density at radius 3 is 2.68 bits per heavy atom. The molecule has 0 aliphatic heterocycles. The van der Waals surface area contributed by atoms with E-state index in [1.54, 1.807) is 7.11 Å². The molecule has 0 saturated heterocycles. The van der Waals surface area contributed by atoms with E-state index in [0.29, 0.717) is 17.5 Å². The highest BCUT2D eigenvalue weighted by Gasteiger charge is 2.21. The lowest BCUT2D eigenvalue weighted by Gasteiger charge is -2.13.